The van der Waals surface area contributed by atoms with Crippen molar-refractivity contribution in [3.8, 4) is 0 Å². The fraction of sp³-hybridized carbons (Fsp3) is 0.667. The van der Waals surface area contributed by atoms with Gasteiger partial charge in [0.05, 0.1) is 22.8 Å². The Kier molecular flexibility index (Phi) is 3.47. The Morgan fingerprint density at radius 1 is 1.63 bits per heavy atom. The van der Waals surface area contributed by atoms with E-state index in [9.17, 15) is 18.0 Å². The fourth-order valence-corrected chi connectivity index (χ4v) is 5.06. The lowest BCUT2D eigenvalue weighted by Crippen LogP contribution is -2.39. The zero-order valence-corrected chi connectivity index (χ0v) is 11.8. The highest BCUT2D eigenvalue weighted by Gasteiger charge is 2.42. The molecule has 0 aromatic carbocycles. The quantitative estimate of drug-likeness (QED) is 0.704. The van der Waals surface area contributed by atoms with Crippen molar-refractivity contribution in [2.45, 2.75) is 24.0 Å². The zero-order chi connectivity index (χ0) is 14.3. The van der Waals surface area contributed by atoms with E-state index >= 15 is 0 Å². The molecular formula is C9H13N3O5S2. The number of aliphatic carboxylic acids is 1. The minimum atomic E-state index is -3.17. The van der Waals surface area contributed by atoms with Crippen molar-refractivity contribution < 1.29 is 18.3 Å². The van der Waals surface area contributed by atoms with E-state index in [-0.39, 0.29) is 22.4 Å². The van der Waals surface area contributed by atoms with Crippen LogP contribution in [0.25, 0.3) is 0 Å². The van der Waals surface area contributed by atoms with E-state index in [4.69, 9.17) is 5.11 Å². The number of aromatic nitrogens is 3. The van der Waals surface area contributed by atoms with Gasteiger partial charge in [0.1, 0.15) is 0 Å². The normalized spacial score (nSPS) is 25.5. The number of carboxylic acids is 1. The number of rotatable bonds is 4. The van der Waals surface area contributed by atoms with Gasteiger partial charge in [-0.05, 0) is 13.3 Å². The number of thioether (sulfide) groups is 1. The summed E-state index contributed by atoms with van der Waals surface area (Å²) in [5.74, 6) is -1.40. The molecule has 106 valence electrons. The molecule has 2 rings (SSSR count). The van der Waals surface area contributed by atoms with E-state index in [0.29, 0.717) is 6.42 Å². The smallest absolute Gasteiger partial charge is 0.344 e. The number of H-pyrrole nitrogens is 1. The van der Waals surface area contributed by atoms with Crippen molar-refractivity contribution in [3.63, 3.8) is 0 Å². The molecule has 10 heteroatoms. The number of carboxylic acid groups (broad SMARTS) is 1. The van der Waals surface area contributed by atoms with Gasteiger partial charge in [-0.1, -0.05) is 11.8 Å². The molecule has 0 spiro atoms. The number of aromatic amines is 1. The number of carbonyl (C=O) groups is 1. The van der Waals surface area contributed by atoms with Crippen molar-refractivity contribution in [1.82, 2.24) is 14.8 Å². The molecule has 0 amide bonds. The van der Waals surface area contributed by atoms with Crippen molar-refractivity contribution in [3.05, 3.63) is 10.5 Å². The Morgan fingerprint density at radius 3 is 2.84 bits per heavy atom. The van der Waals surface area contributed by atoms with Crippen LogP contribution in [0.4, 0.5) is 0 Å². The molecule has 1 aromatic heterocycles. The predicted octanol–water partition coefficient (Wildman–Crippen LogP) is -0.718. The molecule has 1 fully saturated rings. The van der Waals surface area contributed by atoms with Crippen molar-refractivity contribution in [2.75, 3.05) is 17.3 Å². The van der Waals surface area contributed by atoms with Crippen LogP contribution in [0.5, 0.6) is 0 Å². The molecule has 1 aliphatic rings. The van der Waals surface area contributed by atoms with Crippen LogP contribution < -0.4 is 5.69 Å². The monoisotopic (exact) mass is 307 g/mol. The number of sulfone groups is 1. The molecule has 1 saturated heterocycles. The summed E-state index contributed by atoms with van der Waals surface area (Å²) in [4.78, 5) is 22.3. The zero-order valence-electron chi connectivity index (χ0n) is 10.1. The summed E-state index contributed by atoms with van der Waals surface area (Å²) < 4.78 is 24.4. The maximum atomic E-state index is 11.8. The van der Waals surface area contributed by atoms with E-state index < -0.39 is 27.0 Å². The van der Waals surface area contributed by atoms with E-state index in [0.717, 1.165) is 11.8 Å². The summed E-state index contributed by atoms with van der Waals surface area (Å²) in [5.41, 5.74) is -1.39. The third-order valence-electron chi connectivity index (χ3n) is 2.99. The van der Waals surface area contributed by atoms with Crippen molar-refractivity contribution in [1.29, 1.82) is 0 Å². The first-order valence-corrected chi connectivity index (χ1v) is 8.27. The first-order chi connectivity index (χ1) is 8.73. The molecule has 0 saturated carbocycles. The molecule has 0 aliphatic carbocycles. The first kappa shape index (κ1) is 14.1. The van der Waals surface area contributed by atoms with Crippen LogP contribution in [0, 0.1) is 0 Å². The summed E-state index contributed by atoms with van der Waals surface area (Å²) in [5, 5.41) is 14.8. The van der Waals surface area contributed by atoms with Crippen molar-refractivity contribution >= 4 is 27.6 Å². The van der Waals surface area contributed by atoms with E-state index in [1.54, 1.807) is 6.92 Å². The summed E-state index contributed by atoms with van der Waals surface area (Å²) in [7, 11) is -3.17. The maximum absolute atomic E-state index is 11.8. The Bertz CT molecular complexity index is 662. The van der Waals surface area contributed by atoms with Crippen LogP contribution in [0.1, 0.15) is 13.3 Å². The second kappa shape index (κ2) is 4.67. The lowest BCUT2D eigenvalue weighted by molar-refractivity contribution is -0.133. The second-order valence-electron chi connectivity index (χ2n) is 4.67. The molecule has 1 aliphatic heterocycles. The molecule has 8 nitrogen and oxygen atoms in total. The van der Waals surface area contributed by atoms with Gasteiger partial charge >= 0.3 is 11.7 Å². The van der Waals surface area contributed by atoms with Crippen LogP contribution in [-0.2, 0) is 20.2 Å². The molecule has 0 bridgehead atoms. The number of hydrogen-bond acceptors (Lipinski definition) is 6. The minimum absolute atomic E-state index is 0.0180. The summed E-state index contributed by atoms with van der Waals surface area (Å²) in [6.45, 7) is 1.67. The van der Waals surface area contributed by atoms with E-state index in [1.807, 2.05) is 0 Å². The Morgan fingerprint density at radius 2 is 2.32 bits per heavy atom. The molecule has 19 heavy (non-hydrogen) atoms. The minimum Gasteiger partial charge on any atom is -0.481 e. The third-order valence-corrected chi connectivity index (χ3v) is 5.80. The predicted molar refractivity (Wildman–Crippen MR) is 68.1 cm³/mol. The lowest BCUT2D eigenvalue weighted by Gasteiger charge is -2.24. The van der Waals surface area contributed by atoms with Gasteiger partial charge in [0.2, 0.25) is 0 Å². The molecule has 1 unspecified atom stereocenters. The van der Waals surface area contributed by atoms with Gasteiger partial charge in [-0.25, -0.2) is 18.3 Å². The summed E-state index contributed by atoms with van der Waals surface area (Å²) in [6.07, 6.45) is 0.315. The third kappa shape index (κ3) is 2.84. The van der Waals surface area contributed by atoms with E-state index in [1.165, 1.54) is 4.57 Å². The van der Waals surface area contributed by atoms with Gasteiger partial charge in [-0.2, -0.15) is 0 Å². The topological polar surface area (TPSA) is 122 Å². The highest BCUT2D eigenvalue weighted by atomic mass is 32.2. The maximum Gasteiger partial charge on any atom is 0.344 e. The van der Waals surface area contributed by atoms with Gasteiger partial charge in [-0.15, -0.1) is 5.10 Å². The van der Waals surface area contributed by atoms with Crippen LogP contribution in [0.3, 0.4) is 0 Å². The molecule has 2 N–H and O–H groups in total. The van der Waals surface area contributed by atoms with Crippen LogP contribution in [-0.4, -0.2) is 51.5 Å². The number of nitrogens with one attached hydrogen (secondary N) is 1. The van der Waals surface area contributed by atoms with Crippen LogP contribution >= 0.6 is 11.8 Å². The van der Waals surface area contributed by atoms with Gasteiger partial charge in [0, 0.05) is 0 Å². The average Bonchev–Trinajstić information content (AvgIpc) is 2.77. The molecule has 2 heterocycles. The van der Waals surface area contributed by atoms with Crippen molar-refractivity contribution in [2.24, 2.45) is 0 Å². The van der Waals surface area contributed by atoms with E-state index in [2.05, 4.69) is 10.2 Å². The summed E-state index contributed by atoms with van der Waals surface area (Å²) >= 11 is 0.888. The Labute approximate surface area is 113 Å². The fourth-order valence-electron chi connectivity index (χ4n) is 2.15. The van der Waals surface area contributed by atoms with Gasteiger partial charge in [-0.3, -0.25) is 9.36 Å². The van der Waals surface area contributed by atoms with Gasteiger partial charge < -0.3 is 5.11 Å². The number of hydrogen-bond donors (Lipinski definition) is 2. The molecule has 0 radical (unpaired) electrons. The highest BCUT2D eigenvalue weighted by Crippen LogP contribution is 2.32. The lowest BCUT2D eigenvalue weighted by atomic mass is 10.0. The van der Waals surface area contributed by atoms with Crippen LogP contribution in [0.15, 0.2) is 9.95 Å². The Balaban J connectivity index is 2.37. The molecular weight excluding hydrogens is 294 g/mol. The van der Waals surface area contributed by atoms with Gasteiger partial charge in [0.15, 0.2) is 15.0 Å². The first-order valence-electron chi connectivity index (χ1n) is 5.46. The van der Waals surface area contributed by atoms with Gasteiger partial charge in [0.25, 0.3) is 0 Å². The average molecular weight is 307 g/mol. The summed E-state index contributed by atoms with van der Waals surface area (Å²) in [6, 6.07) is 0. The SMILES string of the molecule is CC1(n2c(SCC(=O)O)n[nH]c2=O)CCS(=O)(=O)C1. The highest BCUT2D eigenvalue weighted by molar-refractivity contribution is 7.99. The van der Waals surface area contributed by atoms with Crippen LogP contribution in [0.2, 0.25) is 0 Å². The number of nitrogens with zero attached hydrogens (tertiary/aromatic N) is 2. The standard InChI is InChI=1S/C9H13N3O5S2/c1-9(2-3-19(16,17)5-9)12-7(15)10-11-8(12)18-4-6(13)14/h2-5H2,1H3,(H,10,15)(H,13,14). The second-order valence-corrected chi connectivity index (χ2v) is 7.79. The Hall–Kier alpha value is -1.29. The largest absolute Gasteiger partial charge is 0.481 e. The molecule has 1 atom stereocenters. The molecule has 1 aromatic rings.